The Morgan fingerprint density at radius 3 is 1.12 bits per heavy atom. The van der Waals surface area contributed by atoms with Crippen molar-refractivity contribution in [3.8, 4) is 0 Å². The monoisotopic (exact) mass is 568 g/mol. The molecule has 0 saturated heterocycles. The molecule has 0 aliphatic heterocycles. The Labute approximate surface area is 243 Å². The van der Waals surface area contributed by atoms with Gasteiger partial charge in [-0.05, 0) is 73.0 Å². The third kappa shape index (κ3) is 7.91. The molecule has 0 saturated carbocycles. The highest BCUT2D eigenvalue weighted by Crippen LogP contribution is 2.07. The maximum Gasteiger partial charge on any atom is 0.189 e. The lowest BCUT2D eigenvalue weighted by atomic mass is 10.1. The van der Waals surface area contributed by atoms with Crippen LogP contribution in [-0.2, 0) is 0 Å². The molecule has 4 heterocycles. The summed E-state index contributed by atoms with van der Waals surface area (Å²) in [6, 6.07) is 22.5. The predicted octanol–water partition coefficient (Wildman–Crippen LogP) is 3.08. The Balaban J connectivity index is 1.36. The molecular formula is C28H28N10S2. The average Bonchev–Trinajstić information content (AvgIpc) is 3.01. The Kier molecular flexibility index (Phi) is 10.2. The van der Waals surface area contributed by atoms with Crippen LogP contribution in [0.15, 0.2) is 108 Å². The number of likely N-dealkylation sites (N-methyl/N-ethyl adjacent to an activating group) is 2. The molecule has 0 fully saturated rings. The first-order valence-corrected chi connectivity index (χ1v) is 13.2. The van der Waals surface area contributed by atoms with Gasteiger partial charge in [-0.1, -0.05) is 24.3 Å². The van der Waals surface area contributed by atoms with Crippen molar-refractivity contribution in [3.63, 3.8) is 0 Å². The molecule has 0 aromatic carbocycles. The lowest BCUT2D eigenvalue weighted by Crippen LogP contribution is -2.43. The normalized spacial score (nSPS) is 10.2. The van der Waals surface area contributed by atoms with Crippen LogP contribution in [0.1, 0.15) is 22.8 Å². The maximum absolute atomic E-state index is 5.57. The number of thiocarbonyl (C=S) groups is 2. The van der Waals surface area contributed by atoms with Gasteiger partial charge in [0, 0.05) is 52.0 Å². The summed E-state index contributed by atoms with van der Waals surface area (Å²) in [5.74, 6) is 0. The number of hydrogen-bond acceptors (Lipinski definition) is 8. The summed E-state index contributed by atoms with van der Waals surface area (Å²) in [6.45, 7) is 1.17. The summed E-state index contributed by atoms with van der Waals surface area (Å²) in [5.41, 5.74) is 9.87. The number of pyridine rings is 4. The van der Waals surface area contributed by atoms with Gasteiger partial charge in [0.15, 0.2) is 10.2 Å². The van der Waals surface area contributed by atoms with Gasteiger partial charge in [-0.2, -0.15) is 10.2 Å². The molecule has 0 unspecified atom stereocenters. The van der Waals surface area contributed by atoms with Crippen LogP contribution < -0.4 is 10.9 Å². The molecule has 12 heteroatoms. The van der Waals surface area contributed by atoms with Crippen LogP contribution in [0, 0.1) is 0 Å². The van der Waals surface area contributed by atoms with E-state index in [1.165, 1.54) is 0 Å². The van der Waals surface area contributed by atoms with Gasteiger partial charge >= 0.3 is 0 Å². The van der Waals surface area contributed by atoms with Gasteiger partial charge in [-0.25, -0.2) is 0 Å². The van der Waals surface area contributed by atoms with Gasteiger partial charge in [-0.15, -0.1) is 0 Å². The summed E-state index contributed by atoms with van der Waals surface area (Å²) >= 11 is 11.1. The molecule has 40 heavy (non-hydrogen) atoms. The van der Waals surface area contributed by atoms with Gasteiger partial charge in [0.1, 0.15) is 11.4 Å². The predicted molar refractivity (Wildman–Crippen MR) is 165 cm³/mol. The number of nitrogens with zero attached hydrogens (tertiary/aromatic N) is 8. The van der Waals surface area contributed by atoms with Crippen LogP contribution >= 0.6 is 24.4 Å². The lowest BCUT2D eigenvalue weighted by molar-refractivity contribution is 0.405. The first-order valence-electron chi connectivity index (χ1n) is 12.4. The fraction of sp³-hybridized carbons (Fsp3) is 0.143. The zero-order chi connectivity index (χ0) is 28.2. The van der Waals surface area contributed by atoms with Gasteiger partial charge < -0.3 is 9.80 Å². The molecule has 0 radical (unpaired) electrons. The van der Waals surface area contributed by atoms with Crippen molar-refractivity contribution in [2.75, 3.05) is 27.2 Å². The van der Waals surface area contributed by atoms with Crippen LogP contribution in [0.2, 0.25) is 0 Å². The Hall–Kier alpha value is -4.68. The Morgan fingerprint density at radius 2 is 0.875 bits per heavy atom. The van der Waals surface area contributed by atoms with Crippen molar-refractivity contribution in [1.82, 2.24) is 40.6 Å². The molecule has 0 aliphatic rings. The molecule has 4 aromatic heterocycles. The second-order valence-corrected chi connectivity index (χ2v) is 9.23. The minimum absolute atomic E-state index is 0.447. The highest BCUT2D eigenvalue weighted by molar-refractivity contribution is 7.80. The molecule has 4 aromatic rings. The van der Waals surface area contributed by atoms with E-state index in [9.17, 15) is 0 Å². The molecule has 0 aliphatic carbocycles. The van der Waals surface area contributed by atoms with E-state index in [2.05, 4.69) is 41.0 Å². The Bertz CT molecular complexity index is 1250. The lowest BCUT2D eigenvalue weighted by Gasteiger charge is -2.25. The van der Waals surface area contributed by atoms with E-state index in [1.807, 2.05) is 96.7 Å². The third-order valence-electron chi connectivity index (χ3n) is 5.62. The number of nitrogens with one attached hydrogen (secondary N) is 2. The first kappa shape index (κ1) is 28.3. The van der Waals surface area contributed by atoms with E-state index < -0.39 is 0 Å². The summed E-state index contributed by atoms with van der Waals surface area (Å²) in [7, 11) is 3.77. The largest absolute Gasteiger partial charge is 0.349 e. The first-order chi connectivity index (χ1) is 19.5. The maximum atomic E-state index is 5.57. The second-order valence-electron chi connectivity index (χ2n) is 8.46. The Morgan fingerprint density at radius 1 is 0.575 bits per heavy atom. The summed E-state index contributed by atoms with van der Waals surface area (Å²) in [5, 5.41) is 9.96. The molecule has 0 bridgehead atoms. The standard InChI is InChI=1S/C28H28N10S2/c1-37(27(39)35-33-25(21-11-3-7-15-29-21)22-12-4-8-16-30-22)19-20-38(2)28(40)36-34-26(23-13-5-9-17-31-23)24-14-6-10-18-32-24/h3-18H,19-20H2,1-2H3,(H,35,39)(H,36,40). The minimum atomic E-state index is 0.447. The summed E-state index contributed by atoms with van der Waals surface area (Å²) in [6.07, 6.45) is 6.85. The molecule has 0 atom stereocenters. The topological polar surface area (TPSA) is 107 Å². The fourth-order valence-electron chi connectivity index (χ4n) is 3.38. The summed E-state index contributed by atoms with van der Waals surface area (Å²) < 4.78 is 0. The summed E-state index contributed by atoms with van der Waals surface area (Å²) in [4.78, 5) is 21.4. The van der Waals surface area contributed by atoms with Gasteiger partial charge in [0.25, 0.3) is 0 Å². The highest BCUT2D eigenvalue weighted by atomic mass is 32.1. The molecule has 0 spiro atoms. The van der Waals surface area contributed by atoms with Crippen LogP contribution in [0.3, 0.4) is 0 Å². The van der Waals surface area contributed by atoms with Crippen molar-refractivity contribution < 1.29 is 0 Å². The highest BCUT2D eigenvalue weighted by Gasteiger charge is 2.13. The third-order valence-corrected chi connectivity index (χ3v) is 6.43. The van der Waals surface area contributed by atoms with Crippen LogP contribution in [0.4, 0.5) is 0 Å². The molecule has 2 N–H and O–H groups in total. The zero-order valence-corrected chi connectivity index (χ0v) is 23.7. The van der Waals surface area contributed by atoms with E-state index >= 15 is 0 Å². The van der Waals surface area contributed by atoms with Crippen LogP contribution in [0.5, 0.6) is 0 Å². The molecule has 202 valence electrons. The van der Waals surface area contributed by atoms with Crippen molar-refractivity contribution in [2.45, 2.75) is 0 Å². The van der Waals surface area contributed by atoms with Crippen LogP contribution in [0.25, 0.3) is 0 Å². The van der Waals surface area contributed by atoms with Gasteiger partial charge in [-0.3, -0.25) is 30.8 Å². The number of rotatable bonds is 9. The van der Waals surface area contributed by atoms with E-state index in [4.69, 9.17) is 24.4 Å². The van der Waals surface area contributed by atoms with Crippen LogP contribution in [-0.4, -0.2) is 78.6 Å². The van der Waals surface area contributed by atoms with Crippen molar-refractivity contribution in [3.05, 3.63) is 120 Å². The minimum Gasteiger partial charge on any atom is -0.349 e. The smallest absolute Gasteiger partial charge is 0.189 e. The van der Waals surface area contributed by atoms with Gasteiger partial charge in [0.2, 0.25) is 0 Å². The van der Waals surface area contributed by atoms with Gasteiger partial charge in [0.05, 0.1) is 22.8 Å². The second kappa shape index (κ2) is 14.5. The number of hydrazone groups is 2. The fourth-order valence-corrected chi connectivity index (χ4v) is 3.66. The molecule has 10 nitrogen and oxygen atoms in total. The average molecular weight is 569 g/mol. The SMILES string of the molecule is CN(CCN(C)C(=S)NN=C(c1ccccn1)c1ccccn1)C(=S)NN=C(c1ccccn1)c1ccccn1. The molecular weight excluding hydrogens is 541 g/mol. The van der Waals surface area contributed by atoms with Crippen molar-refractivity contribution in [1.29, 1.82) is 0 Å². The van der Waals surface area contributed by atoms with Crippen molar-refractivity contribution in [2.24, 2.45) is 10.2 Å². The van der Waals surface area contributed by atoms with Crippen molar-refractivity contribution >= 4 is 46.1 Å². The zero-order valence-electron chi connectivity index (χ0n) is 22.0. The van der Waals surface area contributed by atoms with E-state index in [-0.39, 0.29) is 0 Å². The molecule has 4 rings (SSSR count). The number of hydrogen-bond donors (Lipinski definition) is 2. The quantitative estimate of drug-likeness (QED) is 0.178. The van der Waals surface area contributed by atoms with E-state index in [1.54, 1.807) is 24.8 Å². The van der Waals surface area contributed by atoms with E-state index in [0.29, 0.717) is 57.5 Å². The molecule has 0 amide bonds. The van der Waals surface area contributed by atoms with E-state index in [0.717, 1.165) is 0 Å². The number of aromatic nitrogens is 4.